The van der Waals surface area contributed by atoms with Gasteiger partial charge in [0, 0.05) is 26.6 Å². The highest BCUT2D eigenvalue weighted by molar-refractivity contribution is 5.91. The number of rotatable bonds is 6. The third-order valence-electron chi connectivity index (χ3n) is 5.79. The number of hydrogen-bond acceptors (Lipinski definition) is 7. The third kappa shape index (κ3) is 4.53. The normalized spacial score (nSPS) is 26.0. The van der Waals surface area contributed by atoms with Gasteiger partial charge in [0.25, 0.3) is 0 Å². The van der Waals surface area contributed by atoms with E-state index in [9.17, 15) is 19.2 Å². The van der Waals surface area contributed by atoms with E-state index in [1.165, 1.54) is 15.0 Å². The van der Waals surface area contributed by atoms with E-state index in [4.69, 9.17) is 9.47 Å². The number of nitrogens with zero attached hydrogens (tertiary/aromatic N) is 3. The molecule has 4 rings (SSSR count). The predicted octanol–water partition coefficient (Wildman–Crippen LogP) is 0.129. The molecule has 172 valence electrons. The van der Waals surface area contributed by atoms with E-state index in [2.05, 4.69) is 10.7 Å². The first-order valence-corrected chi connectivity index (χ1v) is 10.7. The molecular weight excluding hydrogens is 418 g/mol. The minimum Gasteiger partial charge on any atom is -0.433 e. The van der Waals surface area contributed by atoms with Crippen molar-refractivity contribution in [1.82, 2.24) is 25.8 Å². The largest absolute Gasteiger partial charge is 0.433 e. The summed E-state index contributed by atoms with van der Waals surface area (Å²) in [4.78, 5) is 50.6. The number of fused-ring (bicyclic) bond motifs is 1. The summed E-state index contributed by atoms with van der Waals surface area (Å²) in [7, 11) is 1.59. The topological polar surface area (TPSA) is 121 Å². The predicted molar refractivity (Wildman–Crippen MR) is 110 cm³/mol. The molecule has 2 N–H and O–H groups in total. The number of benzene rings is 1. The van der Waals surface area contributed by atoms with Crippen molar-refractivity contribution in [2.75, 3.05) is 20.1 Å². The van der Waals surface area contributed by atoms with Gasteiger partial charge in [0.2, 0.25) is 18.1 Å². The van der Waals surface area contributed by atoms with Gasteiger partial charge in [-0.3, -0.25) is 19.4 Å². The van der Waals surface area contributed by atoms with E-state index in [-0.39, 0.29) is 31.9 Å². The number of ether oxygens (including phenoxy) is 2. The Morgan fingerprint density at radius 2 is 1.97 bits per heavy atom. The number of cyclic esters (lactones) is 1. The van der Waals surface area contributed by atoms with Crippen LogP contribution in [0, 0.1) is 0 Å². The Bertz CT molecular complexity index is 881. The molecule has 3 aliphatic heterocycles. The Labute approximate surface area is 185 Å². The molecule has 4 amide bonds. The van der Waals surface area contributed by atoms with Crippen molar-refractivity contribution in [2.24, 2.45) is 0 Å². The number of carbonyl (C=O) groups is 4. The highest BCUT2D eigenvalue weighted by Crippen LogP contribution is 2.25. The Morgan fingerprint density at radius 1 is 1.19 bits per heavy atom. The molecule has 1 unspecified atom stereocenters. The van der Waals surface area contributed by atoms with Crippen LogP contribution in [-0.4, -0.2) is 77.4 Å². The molecule has 3 aliphatic rings. The van der Waals surface area contributed by atoms with E-state index in [0.717, 1.165) is 5.56 Å². The summed E-state index contributed by atoms with van der Waals surface area (Å²) in [5, 5.41) is 6.70. The van der Waals surface area contributed by atoms with Gasteiger partial charge in [-0.15, -0.1) is 0 Å². The standard InChI is InChI=1S/C21H27N5O6/c1-22-24-11-9-17(27)25-10-5-8-16(26(25)21(24)30)19(29)23-15-12-18(28)32-20(15)31-13-14-6-3-2-4-7-14/h2-4,6-7,15-16,20,22H,5,8-13H2,1H3,(H,23,29)/t15-,16-,20?/m0/s1. The average molecular weight is 445 g/mol. The van der Waals surface area contributed by atoms with Crippen molar-refractivity contribution >= 4 is 23.8 Å². The molecule has 11 heteroatoms. The van der Waals surface area contributed by atoms with Gasteiger partial charge in [-0.2, -0.15) is 0 Å². The molecule has 3 atom stereocenters. The van der Waals surface area contributed by atoms with Gasteiger partial charge in [0.15, 0.2) is 0 Å². The van der Waals surface area contributed by atoms with Crippen LogP contribution in [0.1, 0.15) is 31.2 Å². The van der Waals surface area contributed by atoms with E-state index >= 15 is 0 Å². The van der Waals surface area contributed by atoms with Crippen molar-refractivity contribution in [3.05, 3.63) is 35.9 Å². The molecule has 0 saturated carbocycles. The summed E-state index contributed by atoms with van der Waals surface area (Å²) in [6.45, 7) is 0.814. The summed E-state index contributed by atoms with van der Waals surface area (Å²) in [6, 6.07) is 7.38. The average Bonchev–Trinajstić information content (AvgIpc) is 3.10. The monoisotopic (exact) mass is 445 g/mol. The zero-order valence-electron chi connectivity index (χ0n) is 17.9. The minimum atomic E-state index is -0.929. The summed E-state index contributed by atoms with van der Waals surface area (Å²) in [5.41, 5.74) is 3.68. The van der Waals surface area contributed by atoms with Gasteiger partial charge in [-0.05, 0) is 18.4 Å². The fourth-order valence-corrected chi connectivity index (χ4v) is 4.16. The van der Waals surface area contributed by atoms with E-state index < -0.39 is 36.3 Å². The first-order valence-electron chi connectivity index (χ1n) is 10.7. The first-order chi connectivity index (χ1) is 15.5. The van der Waals surface area contributed by atoms with Crippen molar-refractivity contribution in [1.29, 1.82) is 0 Å². The van der Waals surface area contributed by atoms with Crippen LogP contribution in [0.15, 0.2) is 30.3 Å². The molecule has 0 radical (unpaired) electrons. The lowest BCUT2D eigenvalue weighted by Gasteiger charge is -2.43. The molecule has 11 nitrogen and oxygen atoms in total. The summed E-state index contributed by atoms with van der Waals surface area (Å²) >= 11 is 0. The Kier molecular flexibility index (Phi) is 6.56. The number of amides is 4. The van der Waals surface area contributed by atoms with Crippen LogP contribution in [0.2, 0.25) is 0 Å². The lowest BCUT2D eigenvalue weighted by atomic mass is 10.1. The van der Waals surface area contributed by atoms with Gasteiger partial charge < -0.3 is 14.8 Å². The molecule has 3 fully saturated rings. The smallest absolute Gasteiger partial charge is 0.353 e. The molecule has 32 heavy (non-hydrogen) atoms. The second kappa shape index (κ2) is 9.53. The Hall–Kier alpha value is -3.18. The van der Waals surface area contributed by atoms with Crippen molar-refractivity contribution in [2.45, 2.75) is 50.7 Å². The van der Waals surface area contributed by atoms with Gasteiger partial charge in [0.05, 0.1) is 13.0 Å². The highest BCUT2D eigenvalue weighted by atomic mass is 16.7. The molecule has 0 aromatic heterocycles. The maximum Gasteiger partial charge on any atom is 0.353 e. The SMILES string of the molecule is CNN1CCC(=O)N2CCC[C@@H](C(=O)N[C@H]3CC(=O)OC3OCc3ccccc3)N2C1=O. The number of esters is 1. The van der Waals surface area contributed by atoms with Crippen LogP contribution in [0.4, 0.5) is 4.79 Å². The summed E-state index contributed by atoms with van der Waals surface area (Å²) < 4.78 is 11.0. The van der Waals surface area contributed by atoms with E-state index in [0.29, 0.717) is 19.4 Å². The zero-order chi connectivity index (χ0) is 22.7. The van der Waals surface area contributed by atoms with Gasteiger partial charge >= 0.3 is 12.0 Å². The Balaban J connectivity index is 1.45. The molecular formula is C21H27N5O6. The maximum atomic E-state index is 13.2. The molecule has 1 aromatic carbocycles. The molecule has 1 aromatic rings. The van der Waals surface area contributed by atoms with Crippen molar-refractivity contribution in [3.8, 4) is 0 Å². The van der Waals surface area contributed by atoms with E-state index in [1.54, 1.807) is 7.05 Å². The van der Waals surface area contributed by atoms with Crippen LogP contribution < -0.4 is 10.7 Å². The third-order valence-corrected chi connectivity index (χ3v) is 5.79. The minimum absolute atomic E-state index is 0.0306. The molecule has 0 spiro atoms. The zero-order valence-corrected chi connectivity index (χ0v) is 17.9. The number of carbonyl (C=O) groups excluding carboxylic acids is 4. The number of hydrazine groups is 2. The second-order valence-corrected chi connectivity index (χ2v) is 7.90. The van der Waals surface area contributed by atoms with Crippen LogP contribution >= 0.6 is 0 Å². The highest BCUT2D eigenvalue weighted by Gasteiger charge is 2.45. The second-order valence-electron chi connectivity index (χ2n) is 7.90. The number of hydrogen-bond donors (Lipinski definition) is 2. The lowest BCUT2D eigenvalue weighted by Crippen LogP contribution is -2.64. The first kappa shape index (κ1) is 22.0. The number of nitrogens with one attached hydrogen (secondary N) is 2. The van der Waals surface area contributed by atoms with E-state index in [1.807, 2.05) is 30.3 Å². The van der Waals surface area contributed by atoms with Crippen LogP contribution in [-0.2, 0) is 30.5 Å². The fourth-order valence-electron chi connectivity index (χ4n) is 4.16. The maximum absolute atomic E-state index is 13.2. The quantitative estimate of drug-likeness (QED) is 0.597. The van der Waals surface area contributed by atoms with Crippen molar-refractivity contribution in [3.63, 3.8) is 0 Å². The van der Waals surface area contributed by atoms with Crippen molar-refractivity contribution < 1.29 is 28.7 Å². The van der Waals surface area contributed by atoms with Crippen LogP contribution in [0.5, 0.6) is 0 Å². The van der Waals surface area contributed by atoms with Gasteiger partial charge in [-0.25, -0.2) is 20.2 Å². The lowest BCUT2D eigenvalue weighted by molar-refractivity contribution is -0.169. The van der Waals surface area contributed by atoms with Gasteiger partial charge in [-0.1, -0.05) is 30.3 Å². The summed E-state index contributed by atoms with van der Waals surface area (Å²) in [6.07, 6.45) is 0.188. The van der Waals surface area contributed by atoms with Gasteiger partial charge in [0.1, 0.15) is 12.1 Å². The molecule has 3 heterocycles. The Morgan fingerprint density at radius 3 is 2.72 bits per heavy atom. The molecule has 0 bridgehead atoms. The number of urea groups is 1. The molecule has 0 aliphatic carbocycles. The molecule has 3 saturated heterocycles. The fraction of sp³-hybridized carbons (Fsp3) is 0.524. The van der Waals surface area contributed by atoms with Crippen LogP contribution in [0.3, 0.4) is 0 Å². The summed E-state index contributed by atoms with van der Waals surface area (Å²) in [5.74, 6) is -1.14. The van der Waals surface area contributed by atoms with Crippen LogP contribution in [0.25, 0.3) is 0 Å².